The summed E-state index contributed by atoms with van der Waals surface area (Å²) in [5.74, 6) is -2.51. The minimum absolute atomic E-state index is 0.0274. The Labute approximate surface area is 171 Å². The van der Waals surface area contributed by atoms with Crippen molar-refractivity contribution in [3.8, 4) is 0 Å². The van der Waals surface area contributed by atoms with Gasteiger partial charge in [-0.3, -0.25) is 19.3 Å². The molecule has 0 saturated carbocycles. The van der Waals surface area contributed by atoms with Gasteiger partial charge in [0.2, 0.25) is 11.6 Å². The van der Waals surface area contributed by atoms with Gasteiger partial charge in [-0.1, -0.05) is 0 Å². The van der Waals surface area contributed by atoms with Gasteiger partial charge in [-0.2, -0.15) is 0 Å². The Morgan fingerprint density at radius 1 is 1.28 bits per heavy atom. The van der Waals surface area contributed by atoms with Gasteiger partial charge < -0.3 is 14.7 Å². The van der Waals surface area contributed by atoms with Gasteiger partial charge in [0.25, 0.3) is 0 Å². The summed E-state index contributed by atoms with van der Waals surface area (Å²) in [6.45, 7) is 3.57. The summed E-state index contributed by atoms with van der Waals surface area (Å²) in [7, 11) is 0. The second-order valence-electron chi connectivity index (χ2n) is 8.96. The van der Waals surface area contributed by atoms with E-state index in [4.69, 9.17) is 4.74 Å². The Morgan fingerprint density at radius 3 is 2.72 bits per heavy atom. The number of hydrogen-bond donors (Lipinski definition) is 1. The topological polar surface area (TPSA) is 117 Å². The van der Waals surface area contributed by atoms with Crippen molar-refractivity contribution in [2.45, 2.75) is 79.9 Å². The van der Waals surface area contributed by atoms with Crippen LogP contribution in [-0.2, 0) is 23.9 Å². The monoisotopic (exact) mass is 421 g/mol. The quantitative estimate of drug-likeness (QED) is 0.236. The third kappa shape index (κ3) is 2.21. The van der Waals surface area contributed by atoms with Crippen molar-refractivity contribution < 1.29 is 29.0 Å². The van der Waals surface area contributed by atoms with Crippen molar-refractivity contribution in [1.82, 2.24) is 9.80 Å². The lowest BCUT2D eigenvalue weighted by Gasteiger charge is -2.50. The molecule has 5 fully saturated rings. The molecule has 0 radical (unpaired) electrons. The largest absolute Gasteiger partial charge is 0.478 e. The third-order valence-corrected chi connectivity index (χ3v) is 8.71. The van der Waals surface area contributed by atoms with Gasteiger partial charge in [-0.25, -0.2) is 9.79 Å². The number of carbonyl (C=O) groups excluding carboxylic acids is 3. The number of aliphatic imine (C=N–C) groups is 1. The zero-order valence-corrected chi connectivity index (χ0v) is 17.1. The van der Waals surface area contributed by atoms with Crippen LogP contribution in [0.4, 0.5) is 0 Å². The van der Waals surface area contributed by atoms with Crippen LogP contribution in [-0.4, -0.2) is 72.4 Å². The Kier molecular flexibility index (Phi) is 3.74. The van der Waals surface area contributed by atoms with Crippen molar-refractivity contribution in [2.75, 3.05) is 0 Å². The number of rotatable bonds is 3. The Morgan fingerprint density at radius 2 is 2.03 bits per heavy atom. The van der Waals surface area contributed by atoms with Crippen molar-refractivity contribution in [3.05, 3.63) is 0 Å². The highest BCUT2D eigenvalue weighted by atomic mass is 32.2. The zero-order valence-electron chi connectivity index (χ0n) is 16.3. The summed E-state index contributed by atoms with van der Waals surface area (Å²) in [6, 6.07) is 0.0274. The molecular formula is C19H23N3O6S. The van der Waals surface area contributed by atoms with E-state index in [1.54, 1.807) is 18.7 Å². The maximum atomic E-state index is 12.5. The molecule has 5 saturated heterocycles. The molecule has 1 spiro atoms. The molecule has 5 rings (SSSR count). The predicted molar refractivity (Wildman–Crippen MR) is 102 cm³/mol. The number of carboxylic acid groups (broad SMARTS) is 1. The number of nitrogens with zero attached hydrogens (tertiary/aromatic N) is 3. The molecule has 1 amide bonds. The number of carboxylic acids is 1. The molecule has 9 nitrogen and oxygen atoms in total. The lowest BCUT2D eigenvalue weighted by Crippen LogP contribution is -2.67. The van der Waals surface area contributed by atoms with Gasteiger partial charge in [0, 0.05) is 12.5 Å². The molecule has 10 heteroatoms. The third-order valence-electron chi connectivity index (χ3n) is 7.19. The number of piperidine rings is 1. The van der Waals surface area contributed by atoms with Crippen molar-refractivity contribution >= 4 is 41.7 Å². The van der Waals surface area contributed by atoms with Gasteiger partial charge >= 0.3 is 11.9 Å². The fourth-order valence-electron chi connectivity index (χ4n) is 5.81. The van der Waals surface area contributed by atoms with Crippen molar-refractivity contribution in [3.63, 3.8) is 0 Å². The van der Waals surface area contributed by atoms with Gasteiger partial charge in [-0.05, 0) is 33.1 Å². The van der Waals surface area contributed by atoms with Crippen molar-refractivity contribution in [2.24, 2.45) is 10.9 Å². The number of esters is 1. The molecule has 0 aromatic rings. The highest BCUT2D eigenvalue weighted by Crippen LogP contribution is 2.58. The summed E-state index contributed by atoms with van der Waals surface area (Å²) >= 11 is 1.43. The summed E-state index contributed by atoms with van der Waals surface area (Å²) in [6.07, 6.45) is 4.21. The molecular weight excluding hydrogens is 398 g/mol. The first-order valence-electron chi connectivity index (χ1n) is 9.94. The molecule has 5 heterocycles. The normalized spacial score (nSPS) is 42.6. The number of thioether (sulfide) groups is 1. The number of hydrogen-bond acceptors (Lipinski definition) is 7. The Bertz CT molecular complexity index is 874. The van der Waals surface area contributed by atoms with Gasteiger partial charge in [-0.15, -0.1) is 11.8 Å². The van der Waals surface area contributed by atoms with Crippen LogP contribution in [0, 0.1) is 5.92 Å². The average molecular weight is 421 g/mol. The number of ether oxygens (including phenoxy) is 1. The molecule has 0 aromatic heterocycles. The van der Waals surface area contributed by atoms with E-state index in [2.05, 4.69) is 4.99 Å². The summed E-state index contributed by atoms with van der Waals surface area (Å²) < 4.78 is 4.90. The number of carbonyl (C=O) groups is 4. The van der Waals surface area contributed by atoms with E-state index in [-0.39, 0.29) is 29.5 Å². The average Bonchev–Trinajstić information content (AvgIpc) is 2.93. The molecule has 2 bridgehead atoms. The SMILES string of the molecule is CC1(C)S[C@@H]2CC(=O)N2[C@@]1(N=CN1C2CCC3C(=O)CC(=O)OC31CC2)C(=O)O. The van der Waals surface area contributed by atoms with E-state index in [9.17, 15) is 24.3 Å². The number of ketones is 1. The lowest BCUT2D eigenvalue weighted by atomic mass is 9.81. The second kappa shape index (κ2) is 5.74. The highest BCUT2D eigenvalue weighted by molar-refractivity contribution is 8.01. The van der Waals surface area contributed by atoms with Crippen LogP contribution in [0.1, 0.15) is 52.4 Å². The highest BCUT2D eigenvalue weighted by Gasteiger charge is 2.70. The van der Waals surface area contributed by atoms with E-state index < -0.39 is 34.0 Å². The van der Waals surface area contributed by atoms with Crippen LogP contribution in [0.2, 0.25) is 0 Å². The minimum Gasteiger partial charge on any atom is -0.478 e. The molecule has 29 heavy (non-hydrogen) atoms. The van der Waals surface area contributed by atoms with E-state index in [1.165, 1.54) is 23.0 Å². The first-order valence-corrected chi connectivity index (χ1v) is 10.8. The predicted octanol–water partition coefficient (Wildman–Crippen LogP) is 0.966. The first-order chi connectivity index (χ1) is 13.6. The fourth-order valence-corrected chi connectivity index (χ4v) is 7.50. The maximum absolute atomic E-state index is 12.5. The first kappa shape index (κ1) is 18.9. The fraction of sp³-hybridized carbons (Fsp3) is 0.737. The van der Waals surface area contributed by atoms with Crippen LogP contribution in [0.15, 0.2) is 4.99 Å². The van der Waals surface area contributed by atoms with E-state index in [1.807, 2.05) is 0 Å². The Balaban J connectivity index is 1.56. The summed E-state index contributed by atoms with van der Waals surface area (Å²) in [5, 5.41) is 9.95. The van der Waals surface area contributed by atoms with Crippen LogP contribution in [0.25, 0.3) is 0 Å². The molecule has 1 N–H and O–H groups in total. The number of Topliss-reactive ketones (excluding diaryl/α,β-unsaturated/α-hetero) is 1. The second-order valence-corrected chi connectivity index (χ2v) is 10.8. The van der Waals surface area contributed by atoms with Crippen LogP contribution >= 0.6 is 11.8 Å². The molecule has 3 unspecified atom stereocenters. The number of aliphatic carboxylic acids is 1. The van der Waals surface area contributed by atoms with Crippen LogP contribution in [0.5, 0.6) is 0 Å². The smallest absolute Gasteiger partial charge is 0.354 e. The van der Waals surface area contributed by atoms with Gasteiger partial charge in [0.1, 0.15) is 6.42 Å². The number of β-lactam (4-membered cyclic amide) rings is 1. The van der Waals surface area contributed by atoms with E-state index >= 15 is 0 Å². The minimum atomic E-state index is -1.73. The molecule has 0 aromatic carbocycles. The standard InChI is InChI=1S/C19H23N3O6S/c1-17(2)19(16(26)27,22-13(24)8-14(22)29-17)20-9-21-10-3-4-11-12(23)7-15(25)28-18(11,21)6-5-10/h9-11,14H,3-8H2,1-2H3,(H,26,27)/t10?,11?,14-,18?,19+/m1/s1. The lowest BCUT2D eigenvalue weighted by molar-refractivity contribution is -0.203. The number of amides is 1. The van der Waals surface area contributed by atoms with Gasteiger partial charge in [0.15, 0.2) is 11.5 Å². The molecule has 5 aliphatic heterocycles. The maximum Gasteiger partial charge on any atom is 0.354 e. The molecule has 5 atom stereocenters. The number of fused-ring (bicyclic) bond motifs is 2. The Hall–Kier alpha value is -2.10. The van der Waals surface area contributed by atoms with E-state index in [0.29, 0.717) is 19.3 Å². The zero-order chi connectivity index (χ0) is 20.8. The molecule has 0 aliphatic carbocycles. The van der Waals surface area contributed by atoms with Crippen molar-refractivity contribution in [1.29, 1.82) is 0 Å². The molecule has 156 valence electrons. The molecule has 5 aliphatic rings. The van der Waals surface area contributed by atoms with Crippen LogP contribution < -0.4 is 0 Å². The van der Waals surface area contributed by atoms with E-state index in [0.717, 1.165) is 12.8 Å². The van der Waals surface area contributed by atoms with Gasteiger partial charge in [0.05, 0.1) is 28.8 Å². The van der Waals surface area contributed by atoms with Crippen LogP contribution in [0.3, 0.4) is 0 Å². The summed E-state index contributed by atoms with van der Waals surface area (Å²) in [4.78, 5) is 57.0. The summed E-state index contributed by atoms with van der Waals surface area (Å²) in [5.41, 5.74) is -2.81.